The Morgan fingerprint density at radius 2 is 1.32 bits per heavy atom. The summed E-state index contributed by atoms with van der Waals surface area (Å²) in [4.78, 5) is 2.60. The molecule has 0 aliphatic carbocycles. The third-order valence-electron chi connectivity index (χ3n) is 12.5. The lowest BCUT2D eigenvalue weighted by Crippen LogP contribution is -2.39. The molecule has 2 heteroatoms. The van der Waals surface area contributed by atoms with Gasteiger partial charge in [0, 0.05) is 22.0 Å². The molecule has 0 saturated carbocycles. The van der Waals surface area contributed by atoms with E-state index >= 15 is 0 Å². The molecule has 2 atom stereocenters. The standard InChI is InChI=1S/C54H57NS/c1-12-20-39(21-13-2)49(44-23-17-16-22-42(44)35(6)37(14-3)15-4)40-30-28-38(29-31-40)41-32-34(5)50-48(33-41)54(10,11)47-27-19-26-46-52(47)55(50)51-43(36(7)56)24-18-25-45(51)53(46,8)9/h12-19,21-33,35-36,56H,1,3,20H2,2,4-11H3/b21-13-,37-15+,49-39+. The second-order valence-electron chi connectivity index (χ2n) is 16.7. The van der Waals surface area contributed by atoms with Gasteiger partial charge in [0.1, 0.15) is 0 Å². The molecule has 0 bridgehead atoms. The van der Waals surface area contributed by atoms with Crippen LogP contribution >= 0.6 is 12.6 Å². The minimum absolute atomic E-state index is 0.0898. The van der Waals surface area contributed by atoms with Crippen LogP contribution in [0.1, 0.15) is 123 Å². The molecule has 0 aromatic heterocycles. The maximum absolute atomic E-state index is 5.04. The summed E-state index contributed by atoms with van der Waals surface area (Å²) in [7, 11) is 0. The second kappa shape index (κ2) is 15.1. The maximum Gasteiger partial charge on any atom is 0.0546 e. The van der Waals surface area contributed by atoms with E-state index < -0.39 is 0 Å². The van der Waals surface area contributed by atoms with E-state index in [9.17, 15) is 0 Å². The van der Waals surface area contributed by atoms with Crippen LogP contribution < -0.4 is 4.90 Å². The molecule has 0 radical (unpaired) electrons. The largest absolute Gasteiger partial charge is 0.309 e. The minimum Gasteiger partial charge on any atom is -0.309 e. The highest BCUT2D eigenvalue weighted by molar-refractivity contribution is 7.80. The number of allylic oxidation sites excluding steroid dienone is 7. The minimum atomic E-state index is -0.216. The number of anilines is 3. The van der Waals surface area contributed by atoms with Crippen LogP contribution in [0, 0.1) is 6.92 Å². The lowest BCUT2D eigenvalue weighted by Gasteiger charge is -2.51. The summed E-state index contributed by atoms with van der Waals surface area (Å²) < 4.78 is 0. The molecular weight excluding hydrogens is 695 g/mol. The lowest BCUT2D eigenvalue weighted by molar-refractivity contribution is 0.595. The highest BCUT2D eigenvalue weighted by Gasteiger charge is 2.46. The van der Waals surface area contributed by atoms with Crippen molar-refractivity contribution < 1.29 is 0 Å². The number of benzene rings is 5. The lowest BCUT2D eigenvalue weighted by atomic mass is 9.65. The highest BCUT2D eigenvalue weighted by atomic mass is 32.1. The average Bonchev–Trinajstić information content (AvgIpc) is 3.18. The molecule has 2 aliphatic rings. The topological polar surface area (TPSA) is 3.24 Å². The Morgan fingerprint density at radius 3 is 1.93 bits per heavy atom. The molecule has 7 rings (SSSR count). The molecule has 0 saturated heterocycles. The number of hydrogen-bond acceptors (Lipinski definition) is 2. The van der Waals surface area contributed by atoms with Gasteiger partial charge in [0.15, 0.2) is 0 Å². The van der Waals surface area contributed by atoms with Gasteiger partial charge in [0.05, 0.1) is 17.1 Å². The van der Waals surface area contributed by atoms with Crippen LogP contribution in [-0.4, -0.2) is 0 Å². The van der Waals surface area contributed by atoms with Gasteiger partial charge in [0.25, 0.3) is 0 Å². The molecule has 1 nitrogen and oxygen atoms in total. The van der Waals surface area contributed by atoms with Crippen LogP contribution in [-0.2, 0) is 10.8 Å². The molecule has 56 heavy (non-hydrogen) atoms. The van der Waals surface area contributed by atoms with Crippen molar-refractivity contribution in [3.05, 3.63) is 202 Å². The first-order valence-electron chi connectivity index (χ1n) is 20.2. The highest BCUT2D eigenvalue weighted by Crippen LogP contribution is 2.62. The zero-order valence-electron chi connectivity index (χ0n) is 34.8. The van der Waals surface area contributed by atoms with Gasteiger partial charge in [-0.05, 0) is 124 Å². The fourth-order valence-electron chi connectivity index (χ4n) is 9.57. The van der Waals surface area contributed by atoms with Gasteiger partial charge in [-0.3, -0.25) is 0 Å². The molecule has 2 aliphatic heterocycles. The first-order chi connectivity index (χ1) is 26.8. The van der Waals surface area contributed by atoms with Crippen LogP contribution in [0.25, 0.3) is 16.7 Å². The molecule has 0 fully saturated rings. The Kier molecular flexibility index (Phi) is 10.6. The van der Waals surface area contributed by atoms with Crippen molar-refractivity contribution in [1.82, 2.24) is 0 Å². The van der Waals surface area contributed by atoms with Crippen molar-refractivity contribution in [2.45, 2.75) is 90.7 Å². The number of thiol groups is 1. The summed E-state index contributed by atoms with van der Waals surface area (Å²) in [6, 6.07) is 36.7. The van der Waals surface area contributed by atoms with Crippen LogP contribution in [0.5, 0.6) is 0 Å². The first-order valence-corrected chi connectivity index (χ1v) is 20.7. The maximum atomic E-state index is 5.04. The molecule has 0 spiro atoms. The van der Waals surface area contributed by atoms with Gasteiger partial charge in [-0.25, -0.2) is 0 Å². The Morgan fingerprint density at radius 1 is 0.714 bits per heavy atom. The SMILES string of the molecule is C=CCC(/C=C\C)=C(/c1ccc(-c2cc(C)c3c(c2)C(C)(C)c2cccc4c2N3c2c(C(C)S)cccc2C4(C)C)cc1)c1ccccc1C(C)/C(C=C)=C/C. The molecular formula is C54H57NS. The Labute approximate surface area is 342 Å². The Bertz CT molecular complexity index is 2420. The van der Waals surface area contributed by atoms with E-state index in [-0.39, 0.29) is 22.0 Å². The van der Waals surface area contributed by atoms with Crippen molar-refractivity contribution in [2.24, 2.45) is 0 Å². The quantitative estimate of drug-likeness (QED) is 0.0845. The van der Waals surface area contributed by atoms with E-state index in [0.29, 0.717) is 0 Å². The zero-order chi connectivity index (χ0) is 40.1. The zero-order valence-corrected chi connectivity index (χ0v) is 35.7. The smallest absolute Gasteiger partial charge is 0.0546 e. The third-order valence-corrected chi connectivity index (χ3v) is 12.8. The normalized spacial score (nSPS) is 16.7. The summed E-state index contributed by atoms with van der Waals surface area (Å²) in [5.74, 6) is 0.201. The van der Waals surface area contributed by atoms with E-state index in [1.54, 1.807) is 0 Å². The molecule has 5 aromatic rings. The number of hydrogen-bond donors (Lipinski definition) is 1. The van der Waals surface area contributed by atoms with Gasteiger partial charge in [-0.1, -0.05) is 157 Å². The monoisotopic (exact) mass is 751 g/mol. The second-order valence-corrected chi connectivity index (χ2v) is 17.4. The van der Waals surface area contributed by atoms with Crippen LogP contribution in [0.15, 0.2) is 152 Å². The van der Waals surface area contributed by atoms with E-state index in [4.69, 9.17) is 12.6 Å². The van der Waals surface area contributed by atoms with E-state index in [1.807, 2.05) is 12.2 Å². The summed E-state index contributed by atoms with van der Waals surface area (Å²) >= 11 is 5.04. The van der Waals surface area contributed by atoms with Crippen molar-refractivity contribution in [3.8, 4) is 11.1 Å². The van der Waals surface area contributed by atoms with E-state index in [2.05, 4.69) is 196 Å². The first kappa shape index (κ1) is 39.2. The number of fused-ring (bicyclic) bond motifs is 4. The molecule has 2 unspecified atom stereocenters. The van der Waals surface area contributed by atoms with Crippen molar-refractivity contribution in [1.29, 1.82) is 0 Å². The van der Waals surface area contributed by atoms with Crippen molar-refractivity contribution in [2.75, 3.05) is 4.90 Å². The Balaban J connectivity index is 1.40. The van der Waals surface area contributed by atoms with E-state index in [1.165, 1.54) is 95.0 Å². The van der Waals surface area contributed by atoms with Gasteiger partial charge in [-0.15, -0.1) is 6.58 Å². The Hall–Kier alpha value is -5.05. The van der Waals surface area contributed by atoms with Gasteiger partial charge < -0.3 is 4.90 Å². The summed E-state index contributed by atoms with van der Waals surface area (Å²) in [6.45, 7) is 28.8. The predicted molar refractivity (Wildman–Crippen MR) is 247 cm³/mol. The summed E-state index contributed by atoms with van der Waals surface area (Å²) in [6.07, 6.45) is 11.3. The van der Waals surface area contributed by atoms with Crippen molar-refractivity contribution >= 4 is 35.3 Å². The van der Waals surface area contributed by atoms with E-state index in [0.717, 1.165) is 6.42 Å². The number of aryl methyl sites for hydroxylation is 1. The van der Waals surface area contributed by atoms with Gasteiger partial charge in [0.2, 0.25) is 0 Å². The molecule has 0 amide bonds. The van der Waals surface area contributed by atoms with Crippen molar-refractivity contribution in [3.63, 3.8) is 0 Å². The molecule has 2 heterocycles. The number of nitrogens with zero attached hydrogens (tertiary/aromatic N) is 1. The molecule has 284 valence electrons. The van der Waals surface area contributed by atoms with Crippen LogP contribution in [0.4, 0.5) is 17.1 Å². The molecule has 5 aromatic carbocycles. The fourth-order valence-corrected chi connectivity index (χ4v) is 9.78. The average molecular weight is 752 g/mol. The number of rotatable bonds is 10. The number of para-hydroxylation sites is 2. The van der Waals surface area contributed by atoms with Gasteiger partial charge in [-0.2, -0.15) is 12.6 Å². The van der Waals surface area contributed by atoms with Crippen LogP contribution in [0.2, 0.25) is 0 Å². The summed E-state index contributed by atoms with van der Waals surface area (Å²) in [5, 5.41) is 0.0898. The van der Waals surface area contributed by atoms with Gasteiger partial charge >= 0.3 is 0 Å². The van der Waals surface area contributed by atoms with Crippen LogP contribution in [0.3, 0.4) is 0 Å². The third kappa shape index (κ3) is 6.27. The molecule has 0 N–H and O–H groups in total. The predicted octanol–water partition coefficient (Wildman–Crippen LogP) is 15.6. The fraction of sp³-hybridized carbons (Fsp3) is 0.259. The summed E-state index contributed by atoms with van der Waals surface area (Å²) in [5.41, 5.74) is 21.4.